The van der Waals surface area contributed by atoms with E-state index < -0.39 is 10.4 Å². The maximum absolute atomic E-state index is 11.1. The maximum Gasteiger partial charge on any atom is 0.243 e. The highest BCUT2D eigenvalue weighted by molar-refractivity contribution is 7.80. The number of amides is 1. The van der Waals surface area contributed by atoms with E-state index >= 15 is 0 Å². The minimum absolute atomic E-state index is 0.0927. The van der Waals surface area contributed by atoms with E-state index in [0.717, 1.165) is 24.7 Å². The molecule has 0 aromatic carbocycles. The van der Waals surface area contributed by atoms with Crippen LogP contribution in [0.2, 0.25) is 0 Å². The van der Waals surface area contributed by atoms with Gasteiger partial charge in [0.25, 0.3) is 0 Å². The number of nitrogens with one attached hydrogen (secondary N) is 1. The van der Waals surface area contributed by atoms with Crippen LogP contribution >= 0.6 is 0 Å². The Bertz CT molecular complexity index is 430. The molecule has 8 heteroatoms. The fraction of sp³-hybridized carbons (Fsp3) is 0.769. The van der Waals surface area contributed by atoms with Crippen LogP contribution in [0, 0.1) is 5.41 Å². The van der Waals surface area contributed by atoms with Gasteiger partial charge in [-0.2, -0.15) is 0 Å². The van der Waals surface area contributed by atoms with E-state index in [1.807, 2.05) is 0 Å². The van der Waals surface area contributed by atoms with Crippen molar-refractivity contribution in [1.82, 2.24) is 5.32 Å². The van der Waals surface area contributed by atoms with Crippen LogP contribution in [-0.2, 0) is 19.4 Å². The van der Waals surface area contributed by atoms with Crippen molar-refractivity contribution in [3.8, 4) is 0 Å². The Morgan fingerprint density at radius 2 is 1.86 bits per heavy atom. The predicted octanol–water partition coefficient (Wildman–Crippen LogP) is 0.504. The average molecular weight is 324 g/mol. The van der Waals surface area contributed by atoms with Gasteiger partial charge in [0.2, 0.25) is 16.3 Å². The molecule has 0 rings (SSSR count). The molecule has 0 unspecified atom stereocenters. The van der Waals surface area contributed by atoms with Crippen molar-refractivity contribution < 1.29 is 26.4 Å². The third-order valence-corrected chi connectivity index (χ3v) is 3.25. The third-order valence-electron chi connectivity index (χ3n) is 2.84. The Morgan fingerprint density at radius 1 is 1.43 bits per heavy atom. The van der Waals surface area contributed by atoms with Crippen molar-refractivity contribution in [3.63, 3.8) is 0 Å². The first-order valence-corrected chi connectivity index (χ1v) is 7.85. The highest BCUT2D eigenvalue weighted by Gasteiger charge is 2.27. The molecular formula is C13H28N2O5S. The van der Waals surface area contributed by atoms with Crippen LogP contribution in [-0.4, -0.2) is 64.2 Å². The topological polar surface area (TPSA) is 95.5 Å². The summed E-state index contributed by atoms with van der Waals surface area (Å²) in [6.45, 7) is 12.8. The van der Waals surface area contributed by atoms with E-state index in [4.69, 9.17) is 0 Å². The second-order valence-corrected chi connectivity index (χ2v) is 7.22. The van der Waals surface area contributed by atoms with E-state index in [-0.39, 0.29) is 11.3 Å². The molecule has 21 heavy (non-hydrogen) atoms. The number of hydrogen-bond donors (Lipinski definition) is 1. The molecule has 0 fully saturated rings. The third kappa shape index (κ3) is 15.3. The van der Waals surface area contributed by atoms with Crippen LogP contribution in [0.3, 0.4) is 0 Å². The SMILES string of the molecule is C=CC(=O)NCC(C)(C)C[N+](C)(C)CC.COS(=O)(=O)[O-]. The van der Waals surface area contributed by atoms with Gasteiger partial charge in [0.1, 0.15) is 0 Å². The first-order valence-electron chi connectivity index (χ1n) is 6.52. The molecule has 0 spiro atoms. The Balaban J connectivity index is 0. The van der Waals surface area contributed by atoms with E-state index in [0.29, 0.717) is 6.54 Å². The van der Waals surface area contributed by atoms with E-state index in [1.165, 1.54) is 6.08 Å². The van der Waals surface area contributed by atoms with Gasteiger partial charge in [0.15, 0.2) is 0 Å². The summed E-state index contributed by atoms with van der Waals surface area (Å²) in [6.07, 6.45) is 1.32. The molecule has 126 valence electrons. The average Bonchev–Trinajstić information content (AvgIpc) is 2.34. The van der Waals surface area contributed by atoms with Gasteiger partial charge in [-0.05, 0) is 13.0 Å². The highest BCUT2D eigenvalue weighted by atomic mass is 32.3. The van der Waals surface area contributed by atoms with Crippen LogP contribution < -0.4 is 5.32 Å². The number of quaternary nitrogens is 1. The van der Waals surface area contributed by atoms with Crippen LogP contribution in [0.4, 0.5) is 0 Å². The van der Waals surface area contributed by atoms with Crippen LogP contribution in [0.25, 0.3) is 0 Å². The molecule has 0 aliphatic carbocycles. The normalized spacial score (nSPS) is 12.1. The first kappa shape index (κ1) is 22.3. The lowest BCUT2D eigenvalue weighted by atomic mass is 9.92. The molecule has 0 aromatic heterocycles. The smallest absolute Gasteiger partial charge is 0.243 e. The monoisotopic (exact) mass is 324 g/mol. The molecular weight excluding hydrogens is 296 g/mol. The molecule has 0 heterocycles. The van der Waals surface area contributed by atoms with Crippen LogP contribution in [0.1, 0.15) is 20.8 Å². The van der Waals surface area contributed by atoms with Gasteiger partial charge >= 0.3 is 0 Å². The zero-order chi connectivity index (χ0) is 17.3. The van der Waals surface area contributed by atoms with Gasteiger partial charge in [0.05, 0.1) is 34.3 Å². The van der Waals surface area contributed by atoms with Crippen molar-refractivity contribution >= 4 is 16.3 Å². The van der Waals surface area contributed by atoms with Crippen molar-refractivity contribution in [2.24, 2.45) is 5.41 Å². The molecule has 7 nitrogen and oxygen atoms in total. The lowest BCUT2D eigenvalue weighted by Gasteiger charge is -2.36. The fourth-order valence-electron chi connectivity index (χ4n) is 1.72. The summed E-state index contributed by atoms with van der Waals surface area (Å²) in [5.41, 5.74) is 0.109. The molecule has 1 N–H and O–H groups in total. The Hall–Kier alpha value is -0.960. The second-order valence-electron chi connectivity index (χ2n) is 6.07. The molecule has 0 saturated carbocycles. The zero-order valence-corrected chi connectivity index (χ0v) is 14.6. The van der Waals surface area contributed by atoms with Gasteiger partial charge in [-0.15, -0.1) is 0 Å². The summed E-state index contributed by atoms with van der Waals surface area (Å²) in [4.78, 5) is 11.1. The lowest BCUT2D eigenvalue weighted by molar-refractivity contribution is -0.894. The number of nitrogens with zero attached hydrogens (tertiary/aromatic N) is 1. The Kier molecular flexibility index (Phi) is 9.71. The van der Waals surface area contributed by atoms with Crippen molar-refractivity contribution in [1.29, 1.82) is 0 Å². The van der Waals surface area contributed by atoms with Crippen molar-refractivity contribution in [2.45, 2.75) is 20.8 Å². The second kappa shape index (κ2) is 9.14. The molecule has 0 aliphatic rings. The summed E-state index contributed by atoms with van der Waals surface area (Å²) in [5, 5.41) is 2.85. The number of rotatable bonds is 7. The minimum atomic E-state index is -4.41. The first-order chi connectivity index (χ1) is 9.28. The standard InChI is InChI=1S/C12H24N2O.CH4O4S/c1-7-11(15)13-9-12(3,4)10-14(5,6)8-2;1-5-6(2,3)4/h7H,1,8-10H2,2-6H3;1H3,(H,2,3,4). The van der Waals surface area contributed by atoms with Gasteiger partial charge in [-0.3, -0.25) is 8.98 Å². The molecule has 0 saturated heterocycles. The summed E-state index contributed by atoms with van der Waals surface area (Å²) < 4.78 is 32.0. The highest BCUT2D eigenvalue weighted by Crippen LogP contribution is 2.18. The van der Waals surface area contributed by atoms with Crippen molar-refractivity contribution in [3.05, 3.63) is 12.7 Å². The van der Waals surface area contributed by atoms with E-state index in [1.54, 1.807) is 0 Å². The molecule has 0 bridgehead atoms. The number of carbonyl (C=O) groups excluding carboxylic acids is 1. The predicted molar refractivity (Wildman–Crippen MR) is 81.2 cm³/mol. The lowest BCUT2D eigenvalue weighted by Crippen LogP contribution is -2.49. The minimum Gasteiger partial charge on any atom is -0.726 e. The zero-order valence-electron chi connectivity index (χ0n) is 13.8. The molecule has 0 atom stereocenters. The van der Waals surface area contributed by atoms with E-state index in [9.17, 15) is 17.8 Å². The van der Waals surface area contributed by atoms with Crippen LogP contribution in [0.5, 0.6) is 0 Å². The summed E-state index contributed by atoms with van der Waals surface area (Å²) in [7, 11) is 0.807. The molecule has 1 amide bonds. The molecule has 0 aliphatic heterocycles. The summed E-state index contributed by atoms with van der Waals surface area (Å²) >= 11 is 0. The number of carbonyl (C=O) groups is 1. The van der Waals surface area contributed by atoms with Gasteiger partial charge in [-0.25, -0.2) is 8.42 Å². The van der Waals surface area contributed by atoms with Gasteiger partial charge in [0, 0.05) is 12.0 Å². The van der Waals surface area contributed by atoms with Gasteiger partial charge in [-0.1, -0.05) is 20.4 Å². The van der Waals surface area contributed by atoms with Gasteiger partial charge < -0.3 is 14.4 Å². The van der Waals surface area contributed by atoms with Crippen LogP contribution in [0.15, 0.2) is 12.7 Å². The van der Waals surface area contributed by atoms with Crippen molar-refractivity contribution in [2.75, 3.05) is 40.8 Å². The largest absolute Gasteiger partial charge is 0.726 e. The molecule has 0 radical (unpaired) electrons. The Labute approximate surface area is 128 Å². The Morgan fingerprint density at radius 3 is 2.14 bits per heavy atom. The molecule has 0 aromatic rings. The van der Waals surface area contributed by atoms with E-state index in [2.05, 4.69) is 50.9 Å². The fourth-order valence-corrected chi connectivity index (χ4v) is 1.72. The quantitative estimate of drug-likeness (QED) is 0.318. The summed E-state index contributed by atoms with van der Waals surface area (Å²) in [5.74, 6) is -0.0927. The maximum atomic E-state index is 11.1. The number of hydrogen-bond acceptors (Lipinski definition) is 5. The summed E-state index contributed by atoms with van der Waals surface area (Å²) in [6, 6.07) is 0.